The molecule has 0 bridgehead atoms. The zero-order chi connectivity index (χ0) is 20.4. The number of nitrogens with zero attached hydrogens (tertiary/aromatic N) is 3. The average molecular weight is 382 g/mol. The van der Waals surface area contributed by atoms with E-state index >= 15 is 0 Å². The van der Waals surface area contributed by atoms with Gasteiger partial charge in [0.15, 0.2) is 5.82 Å². The van der Waals surface area contributed by atoms with Crippen LogP contribution in [0.5, 0.6) is 5.75 Å². The van der Waals surface area contributed by atoms with Crippen molar-refractivity contribution in [2.24, 2.45) is 0 Å². The Morgan fingerprint density at radius 3 is 2.64 bits per heavy atom. The van der Waals surface area contributed by atoms with Gasteiger partial charge in [0.05, 0.1) is 12.8 Å². The Kier molecular flexibility index (Phi) is 5.53. The molecule has 1 N–H and O–H groups in total. The van der Waals surface area contributed by atoms with Crippen LogP contribution in [0.1, 0.15) is 42.4 Å². The van der Waals surface area contributed by atoms with E-state index in [1.54, 1.807) is 7.11 Å². The van der Waals surface area contributed by atoms with Crippen molar-refractivity contribution < 1.29 is 14.1 Å². The molecule has 0 spiro atoms. The normalized spacial score (nSPS) is 11.1. The molecule has 0 aliphatic rings. The highest BCUT2D eigenvalue weighted by molar-refractivity contribution is 5.92. The summed E-state index contributed by atoms with van der Waals surface area (Å²) in [5.74, 6) is 1.70. The second-order valence-electron chi connectivity index (χ2n) is 7.27. The Balaban J connectivity index is 1.88. The monoisotopic (exact) mass is 382 g/mol. The molecule has 1 aromatic carbocycles. The maximum absolute atomic E-state index is 12.8. The number of methoxy groups -OCH3 is 1. The molecule has 1 amide bonds. The summed E-state index contributed by atoms with van der Waals surface area (Å²) in [6.45, 7) is 10.0. The molecule has 0 saturated heterocycles. The first-order valence-corrected chi connectivity index (χ1v) is 9.25. The average Bonchev–Trinajstić information content (AvgIpc) is 3.20. The van der Waals surface area contributed by atoms with E-state index in [0.717, 1.165) is 22.5 Å². The molecule has 0 aliphatic carbocycles. The van der Waals surface area contributed by atoms with Crippen LogP contribution in [-0.2, 0) is 11.3 Å². The highest BCUT2D eigenvalue weighted by Gasteiger charge is 2.21. The maximum atomic E-state index is 12.8. The van der Waals surface area contributed by atoms with Gasteiger partial charge in [0.25, 0.3) is 5.89 Å². The largest absolute Gasteiger partial charge is 0.495 e. The summed E-state index contributed by atoms with van der Waals surface area (Å²) >= 11 is 0. The lowest BCUT2D eigenvalue weighted by Gasteiger charge is -2.13. The van der Waals surface area contributed by atoms with Crippen LogP contribution in [0.4, 0.5) is 5.69 Å². The van der Waals surface area contributed by atoms with Gasteiger partial charge in [0.1, 0.15) is 18.0 Å². The number of aromatic nitrogens is 3. The molecule has 7 nitrogen and oxygen atoms in total. The minimum absolute atomic E-state index is 0.130. The van der Waals surface area contributed by atoms with Crippen LogP contribution in [0.3, 0.4) is 0 Å². The molecule has 28 heavy (non-hydrogen) atoms. The fraction of sp³-hybridized carbons (Fsp3) is 0.381. The number of hydrogen-bond donors (Lipinski definition) is 1. The lowest BCUT2D eigenvalue weighted by atomic mass is 10.2. The van der Waals surface area contributed by atoms with Crippen molar-refractivity contribution in [2.45, 2.75) is 47.1 Å². The predicted octanol–water partition coefficient (Wildman–Crippen LogP) is 4.23. The first-order chi connectivity index (χ1) is 13.3. The van der Waals surface area contributed by atoms with Gasteiger partial charge in [-0.2, -0.15) is 4.98 Å². The standard InChI is InChI=1S/C21H26N4O3/c1-12(2)20-23-21(28-24-20)19-14(4)10-15(5)25(19)11-18(26)22-16-9-13(3)7-8-17(16)27-6/h7-10,12H,11H2,1-6H3,(H,22,26). The summed E-state index contributed by atoms with van der Waals surface area (Å²) in [5, 5.41) is 6.98. The third-order valence-electron chi connectivity index (χ3n) is 4.59. The zero-order valence-electron chi connectivity index (χ0n) is 17.2. The van der Waals surface area contributed by atoms with E-state index < -0.39 is 0 Å². The van der Waals surface area contributed by atoms with Gasteiger partial charge in [-0.15, -0.1) is 0 Å². The molecule has 0 radical (unpaired) electrons. The molecular weight excluding hydrogens is 356 g/mol. The van der Waals surface area contributed by atoms with E-state index in [0.29, 0.717) is 23.2 Å². The molecular formula is C21H26N4O3. The fourth-order valence-corrected chi connectivity index (χ4v) is 3.16. The maximum Gasteiger partial charge on any atom is 0.274 e. The van der Waals surface area contributed by atoms with Crippen molar-refractivity contribution in [1.29, 1.82) is 0 Å². The second-order valence-corrected chi connectivity index (χ2v) is 7.27. The third kappa shape index (κ3) is 3.93. The van der Waals surface area contributed by atoms with E-state index in [-0.39, 0.29) is 18.4 Å². The lowest BCUT2D eigenvalue weighted by Crippen LogP contribution is -2.20. The molecule has 7 heteroatoms. The first kappa shape index (κ1) is 19.7. The number of carbonyl (C=O) groups excluding carboxylic acids is 1. The van der Waals surface area contributed by atoms with Gasteiger partial charge in [-0.05, 0) is 50.1 Å². The van der Waals surface area contributed by atoms with Gasteiger partial charge in [0, 0.05) is 11.6 Å². The Bertz CT molecular complexity index is 1000. The van der Waals surface area contributed by atoms with Gasteiger partial charge >= 0.3 is 0 Å². The van der Waals surface area contributed by atoms with Gasteiger partial charge < -0.3 is 19.1 Å². The van der Waals surface area contributed by atoms with Crippen molar-refractivity contribution in [3.63, 3.8) is 0 Å². The Labute approximate surface area is 164 Å². The van der Waals surface area contributed by atoms with Crippen LogP contribution >= 0.6 is 0 Å². The molecule has 3 rings (SSSR count). The minimum atomic E-state index is -0.160. The van der Waals surface area contributed by atoms with Crippen LogP contribution in [0, 0.1) is 20.8 Å². The van der Waals surface area contributed by atoms with E-state index in [4.69, 9.17) is 9.26 Å². The van der Waals surface area contributed by atoms with E-state index in [9.17, 15) is 4.79 Å². The fourth-order valence-electron chi connectivity index (χ4n) is 3.16. The summed E-state index contributed by atoms with van der Waals surface area (Å²) < 4.78 is 12.7. The first-order valence-electron chi connectivity index (χ1n) is 9.25. The van der Waals surface area contributed by atoms with Crippen molar-refractivity contribution in [3.05, 3.63) is 46.9 Å². The van der Waals surface area contributed by atoms with Crippen LogP contribution in [0.25, 0.3) is 11.6 Å². The van der Waals surface area contributed by atoms with Crippen molar-refractivity contribution in [2.75, 3.05) is 12.4 Å². The summed E-state index contributed by atoms with van der Waals surface area (Å²) in [6.07, 6.45) is 0. The topological polar surface area (TPSA) is 82.2 Å². The molecule has 2 aromatic heterocycles. The van der Waals surface area contributed by atoms with Crippen molar-refractivity contribution in [1.82, 2.24) is 14.7 Å². The van der Waals surface area contributed by atoms with Crippen LogP contribution in [-0.4, -0.2) is 27.7 Å². The third-order valence-corrected chi connectivity index (χ3v) is 4.59. The van der Waals surface area contributed by atoms with Crippen molar-refractivity contribution in [3.8, 4) is 17.3 Å². The molecule has 3 aromatic rings. The molecule has 0 fully saturated rings. The van der Waals surface area contributed by atoms with Crippen LogP contribution in [0.15, 0.2) is 28.8 Å². The Morgan fingerprint density at radius 2 is 2.00 bits per heavy atom. The number of amides is 1. The number of nitrogens with one attached hydrogen (secondary N) is 1. The highest BCUT2D eigenvalue weighted by atomic mass is 16.5. The molecule has 0 unspecified atom stereocenters. The number of rotatable bonds is 6. The number of aryl methyl sites for hydroxylation is 3. The Hall–Kier alpha value is -3.09. The van der Waals surface area contributed by atoms with Crippen LogP contribution in [0.2, 0.25) is 0 Å². The number of anilines is 1. The molecule has 0 atom stereocenters. The lowest BCUT2D eigenvalue weighted by molar-refractivity contribution is -0.116. The minimum Gasteiger partial charge on any atom is -0.495 e. The van der Waals surface area contributed by atoms with E-state index in [2.05, 4.69) is 15.5 Å². The smallest absolute Gasteiger partial charge is 0.274 e. The van der Waals surface area contributed by atoms with Gasteiger partial charge in [-0.3, -0.25) is 4.79 Å². The summed E-state index contributed by atoms with van der Waals surface area (Å²) in [7, 11) is 1.58. The van der Waals surface area contributed by atoms with E-state index in [1.165, 1.54) is 0 Å². The number of benzene rings is 1. The molecule has 0 aliphatic heterocycles. The van der Waals surface area contributed by atoms with Crippen LogP contribution < -0.4 is 10.1 Å². The number of ether oxygens (including phenoxy) is 1. The highest BCUT2D eigenvalue weighted by Crippen LogP contribution is 2.28. The SMILES string of the molecule is COc1ccc(C)cc1NC(=O)Cn1c(C)cc(C)c1-c1nc(C(C)C)no1. The van der Waals surface area contributed by atoms with Crippen molar-refractivity contribution >= 4 is 11.6 Å². The zero-order valence-corrected chi connectivity index (χ0v) is 17.2. The molecule has 2 heterocycles. The van der Waals surface area contributed by atoms with Gasteiger partial charge in [-0.25, -0.2) is 0 Å². The van der Waals surface area contributed by atoms with Gasteiger partial charge in [0.2, 0.25) is 5.91 Å². The second kappa shape index (κ2) is 7.88. The molecule has 148 valence electrons. The van der Waals surface area contributed by atoms with E-state index in [1.807, 2.05) is 63.5 Å². The number of carbonyl (C=O) groups is 1. The quantitative estimate of drug-likeness (QED) is 0.690. The summed E-state index contributed by atoms with van der Waals surface area (Å²) in [6, 6.07) is 7.68. The summed E-state index contributed by atoms with van der Waals surface area (Å²) in [5.41, 5.74) is 4.39. The number of hydrogen-bond acceptors (Lipinski definition) is 5. The Morgan fingerprint density at radius 1 is 1.25 bits per heavy atom. The van der Waals surface area contributed by atoms with Gasteiger partial charge in [-0.1, -0.05) is 25.1 Å². The molecule has 0 saturated carbocycles. The predicted molar refractivity (Wildman–Crippen MR) is 108 cm³/mol. The summed E-state index contributed by atoms with van der Waals surface area (Å²) in [4.78, 5) is 17.3.